The quantitative estimate of drug-likeness (QED) is 0.607. The van der Waals surface area contributed by atoms with Crippen LogP contribution in [-0.4, -0.2) is 22.6 Å². The molecule has 6 nitrogen and oxygen atoms in total. The largest absolute Gasteiger partial charge is 0.339 e. The molecule has 0 atom stereocenters. The topological polar surface area (TPSA) is 80.0 Å². The number of aryl methyl sites for hydroxylation is 1. The van der Waals surface area contributed by atoms with Gasteiger partial charge in [-0.25, -0.2) is 0 Å². The third kappa shape index (κ3) is 5.39. The van der Waals surface area contributed by atoms with E-state index in [0.29, 0.717) is 24.6 Å². The number of benzene rings is 1. The summed E-state index contributed by atoms with van der Waals surface area (Å²) in [6.07, 6.45) is 0.707. The van der Waals surface area contributed by atoms with E-state index in [0.717, 1.165) is 29.9 Å². The molecule has 0 fully saturated rings. The monoisotopic (exact) mass is 392 g/mol. The highest BCUT2D eigenvalue weighted by Gasteiger charge is 2.12. The minimum Gasteiger partial charge on any atom is -0.339 e. The van der Waals surface area contributed by atoms with Gasteiger partial charge in [0.25, 0.3) is 0 Å². The van der Waals surface area contributed by atoms with Crippen molar-refractivity contribution >= 4 is 35.3 Å². The number of para-hydroxylation sites is 1. The lowest BCUT2D eigenvalue weighted by Crippen LogP contribution is -2.17. The zero-order valence-corrected chi connectivity index (χ0v) is 16.0. The molecule has 8 heteroatoms. The van der Waals surface area contributed by atoms with Gasteiger partial charge >= 0.3 is 0 Å². The summed E-state index contributed by atoms with van der Waals surface area (Å²) >= 11 is 1.58. The molecule has 2 heterocycles. The fourth-order valence-electron chi connectivity index (χ4n) is 2.35. The maximum atomic E-state index is 12.2. The smallest absolute Gasteiger partial charge is 0.227 e. The van der Waals surface area contributed by atoms with Gasteiger partial charge in [0.05, 0.1) is 0 Å². The molecule has 2 N–H and O–H groups in total. The predicted molar refractivity (Wildman–Crippen MR) is 106 cm³/mol. The fraction of sp³-hybridized carbons (Fsp3) is 0.278. The predicted octanol–water partition coefficient (Wildman–Crippen LogP) is 3.90. The van der Waals surface area contributed by atoms with Crippen LogP contribution in [0.2, 0.25) is 0 Å². The zero-order valence-electron chi connectivity index (χ0n) is 14.4. The number of halogens is 1. The Morgan fingerprint density at radius 1 is 1.27 bits per heavy atom. The third-order valence-corrected chi connectivity index (χ3v) is 4.35. The van der Waals surface area contributed by atoms with Gasteiger partial charge in [0.15, 0.2) is 0 Å². The van der Waals surface area contributed by atoms with Crippen molar-refractivity contribution in [3.8, 4) is 11.4 Å². The Bertz CT molecular complexity index is 820. The highest BCUT2D eigenvalue weighted by atomic mass is 35.5. The van der Waals surface area contributed by atoms with Crippen LogP contribution in [0, 0.1) is 0 Å². The average molecular weight is 393 g/mol. The highest BCUT2D eigenvalue weighted by molar-refractivity contribution is 7.08. The average Bonchev–Trinajstić information content (AvgIpc) is 3.30. The van der Waals surface area contributed by atoms with Crippen LogP contribution in [0.15, 0.2) is 45.6 Å². The molecule has 26 heavy (non-hydrogen) atoms. The molecule has 2 aromatic heterocycles. The van der Waals surface area contributed by atoms with Crippen molar-refractivity contribution in [2.75, 3.05) is 11.9 Å². The first-order valence-corrected chi connectivity index (χ1v) is 9.14. The number of amides is 1. The molecule has 0 radical (unpaired) electrons. The van der Waals surface area contributed by atoms with E-state index in [1.807, 2.05) is 41.1 Å². The second-order valence-corrected chi connectivity index (χ2v) is 6.29. The molecule has 0 saturated heterocycles. The molecule has 0 unspecified atom stereocenters. The van der Waals surface area contributed by atoms with Crippen LogP contribution in [0.4, 0.5) is 5.69 Å². The number of carbonyl (C=O) groups is 1. The summed E-state index contributed by atoms with van der Waals surface area (Å²) < 4.78 is 5.22. The van der Waals surface area contributed by atoms with Crippen molar-refractivity contribution in [3.63, 3.8) is 0 Å². The summed E-state index contributed by atoms with van der Waals surface area (Å²) in [7, 11) is 0. The van der Waals surface area contributed by atoms with Gasteiger partial charge in [0, 0.05) is 36.0 Å². The Labute approximate surface area is 162 Å². The summed E-state index contributed by atoms with van der Waals surface area (Å²) in [5.41, 5.74) is 2.83. The molecule has 3 aromatic rings. The lowest BCUT2D eigenvalue weighted by atomic mass is 10.1. The van der Waals surface area contributed by atoms with Crippen molar-refractivity contribution in [1.82, 2.24) is 15.5 Å². The van der Waals surface area contributed by atoms with Crippen LogP contribution in [0.25, 0.3) is 11.4 Å². The zero-order chi connectivity index (χ0) is 17.5. The van der Waals surface area contributed by atoms with Crippen LogP contribution in [-0.2, 0) is 17.8 Å². The van der Waals surface area contributed by atoms with E-state index in [4.69, 9.17) is 4.52 Å². The first-order chi connectivity index (χ1) is 12.3. The second-order valence-electron chi connectivity index (χ2n) is 5.51. The lowest BCUT2D eigenvalue weighted by molar-refractivity contribution is -0.116. The normalized spacial score (nSPS) is 10.3. The number of aromatic nitrogens is 2. The molecule has 138 valence electrons. The van der Waals surface area contributed by atoms with Gasteiger partial charge in [-0.15, -0.1) is 12.4 Å². The van der Waals surface area contributed by atoms with E-state index in [-0.39, 0.29) is 18.3 Å². The summed E-state index contributed by atoms with van der Waals surface area (Å²) in [5, 5.41) is 14.1. The molecule has 0 aliphatic heterocycles. The van der Waals surface area contributed by atoms with E-state index in [2.05, 4.69) is 27.7 Å². The van der Waals surface area contributed by atoms with Crippen LogP contribution in [0.1, 0.15) is 24.8 Å². The van der Waals surface area contributed by atoms with E-state index in [1.54, 1.807) is 11.3 Å². The Balaban J connectivity index is 0.00000243. The molecule has 0 bridgehead atoms. The number of hydrogen-bond donors (Lipinski definition) is 2. The summed E-state index contributed by atoms with van der Waals surface area (Å²) in [5.74, 6) is 0.962. The van der Waals surface area contributed by atoms with Gasteiger partial charge in [-0.05, 0) is 29.6 Å². The minimum atomic E-state index is -0.0702. The third-order valence-electron chi connectivity index (χ3n) is 3.67. The fourth-order valence-corrected chi connectivity index (χ4v) is 2.99. The Hall–Kier alpha value is -2.22. The SMILES string of the molecule is CCNCc1ccccc1NC(=O)CCc1nc(-c2ccsc2)no1.Cl. The number of nitrogens with zero attached hydrogens (tertiary/aromatic N) is 2. The van der Waals surface area contributed by atoms with Gasteiger partial charge in [-0.2, -0.15) is 16.3 Å². The van der Waals surface area contributed by atoms with Gasteiger partial charge in [-0.1, -0.05) is 30.3 Å². The van der Waals surface area contributed by atoms with Gasteiger partial charge in [0.2, 0.25) is 17.6 Å². The van der Waals surface area contributed by atoms with Crippen molar-refractivity contribution in [3.05, 3.63) is 52.5 Å². The second kappa shape index (κ2) is 10.1. The van der Waals surface area contributed by atoms with E-state index in [1.165, 1.54) is 0 Å². The maximum Gasteiger partial charge on any atom is 0.227 e. The highest BCUT2D eigenvalue weighted by Crippen LogP contribution is 2.19. The standard InChI is InChI=1S/C18H20N4O2S.ClH/c1-2-19-11-13-5-3-4-6-15(13)20-16(23)7-8-17-21-18(22-24-17)14-9-10-25-12-14;/h3-6,9-10,12,19H,2,7-8,11H2,1H3,(H,20,23);1H. The van der Waals surface area contributed by atoms with E-state index < -0.39 is 0 Å². The number of thiophene rings is 1. The van der Waals surface area contributed by atoms with Gasteiger partial charge < -0.3 is 15.2 Å². The number of rotatable bonds is 8. The number of nitrogens with one attached hydrogen (secondary N) is 2. The van der Waals surface area contributed by atoms with Crippen LogP contribution < -0.4 is 10.6 Å². The summed E-state index contributed by atoms with van der Waals surface area (Å²) in [4.78, 5) is 16.6. The van der Waals surface area contributed by atoms with Crippen molar-refractivity contribution < 1.29 is 9.32 Å². The first kappa shape index (κ1) is 20.1. The molecule has 3 rings (SSSR count). The number of carbonyl (C=O) groups excluding carboxylic acids is 1. The molecular weight excluding hydrogens is 372 g/mol. The molecule has 1 aromatic carbocycles. The Morgan fingerprint density at radius 2 is 2.12 bits per heavy atom. The maximum absolute atomic E-state index is 12.2. The van der Waals surface area contributed by atoms with Gasteiger partial charge in [0.1, 0.15) is 0 Å². The van der Waals surface area contributed by atoms with Crippen LogP contribution in [0.5, 0.6) is 0 Å². The van der Waals surface area contributed by atoms with E-state index >= 15 is 0 Å². The molecule has 0 aliphatic carbocycles. The minimum absolute atomic E-state index is 0. The molecule has 0 aliphatic rings. The molecular formula is C18H21ClN4O2S. The summed E-state index contributed by atoms with van der Waals surface area (Å²) in [6, 6.07) is 9.73. The lowest BCUT2D eigenvalue weighted by Gasteiger charge is -2.11. The number of anilines is 1. The number of hydrogen-bond acceptors (Lipinski definition) is 6. The van der Waals surface area contributed by atoms with Crippen LogP contribution in [0.3, 0.4) is 0 Å². The molecule has 0 spiro atoms. The van der Waals surface area contributed by atoms with Crippen LogP contribution >= 0.6 is 23.7 Å². The Morgan fingerprint density at radius 3 is 2.88 bits per heavy atom. The Kier molecular flexibility index (Phi) is 7.77. The summed E-state index contributed by atoms with van der Waals surface area (Å²) in [6.45, 7) is 3.66. The van der Waals surface area contributed by atoms with Gasteiger partial charge in [-0.3, -0.25) is 4.79 Å². The first-order valence-electron chi connectivity index (χ1n) is 8.20. The van der Waals surface area contributed by atoms with Crippen molar-refractivity contribution in [2.24, 2.45) is 0 Å². The molecule has 0 saturated carbocycles. The van der Waals surface area contributed by atoms with Crippen molar-refractivity contribution in [1.29, 1.82) is 0 Å². The van der Waals surface area contributed by atoms with E-state index in [9.17, 15) is 4.79 Å². The van der Waals surface area contributed by atoms with Crippen molar-refractivity contribution in [2.45, 2.75) is 26.3 Å². The molecule has 1 amide bonds.